The van der Waals surface area contributed by atoms with Gasteiger partial charge in [-0.25, -0.2) is 14.8 Å². The van der Waals surface area contributed by atoms with E-state index in [0.717, 1.165) is 40.3 Å². The Bertz CT molecular complexity index is 1340. The predicted octanol–water partition coefficient (Wildman–Crippen LogP) is 5.19. The molecule has 0 bridgehead atoms. The first kappa shape index (κ1) is 25.3. The smallest absolute Gasteiger partial charge is 0.321 e. The lowest BCUT2D eigenvalue weighted by Crippen LogP contribution is -2.50. The van der Waals surface area contributed by atoms with Gasteiger partial charge in [-0.05, 0) is 48.5 Å². The van der Waals surface area contributed by atoms with Crippen LogP contribution >= 0.6 is 0 Å². The van der Waals surface area contributed by atoms with E-state index in [1.165, 1.54) is 0 Å². The molecule has 3 aromatic carbocycles. The molecule has 0 aliphatic carbocycles. The van der Waals surface area contributed by atoms with Crippen molar-refractivity contribution in [2.45, 2.75) is 6.42 Å². The lowest BCUT2D eigenvalue weighted by molar-refractivity contribution is 0.172. The number of aromatic nitrogens is 2. The van der Waals surface area contributed by atoms with E-state index in [-0.39, 0.29) is 6.03 Å². The Balaban J connectivity index is 1.15. The van der Waals surface area contributed by atoms with Crippen LogP contribution in [0, 0.1) is 0 Å². The third-order valence-electron chi connectivity index (χ3n) is 6.30. The Morgan fingerprint density at radius 1 is 0.868 bits per heavy atom. The minimum Gasteiger partial charge on any atom is -0.493 e. The van der Waals surface area contributed by atoms with Gasteiger partial charge in [0.25, 0.3) is 0 Å². The monoisotopic (exact) mass is 513 g/mol. The van der Waals surface area contributed by atoms with Crippen molar-refractivity contribution < 1.29 is 19.0 Å². The summed E-state index contributed by atoms with van der Waals surface area (Å²) in [4.78, 5) is 25.9. The topological polar surface area (TPSA) is 89.1 Å². The second-order valence-electron chi connectivity index (χ2n) is 8.91. The number of fused-ring (bicyclic) bond motifs is 1. The molecular weight excluding hydrogens is 482 g/mol. The second-order valence-corrected chi connectivity index (χ2v) is 8.91. The molecule has 5 rings (SSSR count). The number of hydrogen-bond acceptors (Lipinski definition) is 7. The number of methoxy groups -OCH3 is 1. The fourth-order valence-electron chi connectivity index (χ4n) is 4.31. The highest BCUT2D eigenvalue weighted by Gasteiger charge is 2.23. The molecule has 1 aromatic heterocycles. The zero-order valence-electron chi connectivity index (χ0n) is 21.4. The van der Waals surface area contributed by atoms with Crippen LogP contribution in [0.2, 0.25) is 0 Å². The average molecular weight is 514 g/mol. The summed E-state index contributed by atoms with van der Waals surface area (Å²) in [5, 5.41) is 3.95. The molecule has 9 heteroatoms. The third-order valence-corrected chi connectivity index (χ3v) is 6.30. The van der Waals surface area contributed by atoms with Crippen LogP contribution in [0.15, 0.2) is 79.1 Å². The van der Waals surface area contributed by atoms with Crippen LogP contribution in [0.3, 0.4) is 0 Å². The normalized spacial score (nSPS) is 13.4. The molecule has 4 aromatic rings. The minimum atomic E-state index is -0.121. The molecule has 38 heavy (non-hydrogen) atoms. The van der Waals surface area contributed by atoms with Gasteiger partial charge in [-0.2, -0.15) is 0 Å². The fourth-order valence-corrected chi connectivity index (χ4v) is 4.31. The summed E-state index contributed by atoms with van der Waals surface area (Å²) in [6.07, 6.45) is 2.41. The molecule has 0 saturated carbocycles. The number of para-hydroxylation sites is 1. The Hall–Kier alpha value is -4.37. The average Bonchev–Trinajstić information content (AvgIpc) is 2.96. The molecule has 0 atom stereocenters. The van der Waals surface area contributed by atoms with E-state index >= 15 is 0 Å². The number of urea groups is 1. The summed E-state index contributed by atoms with van der Waals surface area (Å²) in [7, 11) is 1.68. The van der Waals surface area contributed by atoms with Crippen molar-refractivity contribution in [2.75, 3.05) is 56.7 Å². The number of amides is 2. The Morgan fingerprint density at radius 2 is 1.61 bits per heavy atom. The van der Waals surface area contributed by atoms with E-state index in [0.29, 0.717) is 45.1 Å². The van der Waals surface area contributed by atoms with Gasteiger partial charge >= 0.3 is 6.03 Å². The van der Waals surface area contributed by atoms with E-state index in [2.05, 4.69) is 20.2 Å². The molecule has 9 nitrogen and oxygen atoms in total. The Kier molecular flexibility index (Phi) is 8.15. The van der Waals surface area contributed by atoms with Crippen molar-refractivity contribution >= 4 is 28.4 Å². The minimum absolute atomic E-state index is 0.121. The molecule has 1 aliphatic heterocycles. The number of ether oxygens (including phenoxy) is 3. The van der Waals surface area contributed by atoms with Crippen molar-refractivity contribution in [3.05, 3.63) is 79.1 Å². The molecule has 2 heterocycles. The van der Waals surface area contributed by atoms with Gasteiger partial charge in [-0.15, -0.1) is 0 Å². The quantitative estimate of drug-likeness (QED) is 0.308. The van der Waals surface area contributed by atoms with Crippen LogP contribution in [0.5, 0.6) is 17.2 Å². The summed E-state index contributed by atoms with van der Waals surface area (Å²) >= 11 is 0. The summed E-state index contributed by atoms with van der Waals surface area (Å²) in [6, 6.07) is 22.7. The van der Waals surface area contributed by atoms with Gasteiger partial charge in [-0.3, -0.25) is 0 Å². The van der Waals surface area contributed by atoms with Gasteiger partial charge in [-0.1, -0.05) is 18.2 Å². The maximum absolute atomic E-state index is 12.9. The van der Waals surface area contributed by atoms with Crippen LogP contribution in [0.1, 0.15) is 6.42 Å². The molecule has 0 unspecified atom stereocenters. The van der Waals surface area contributed by atoms with Crippen molar-refractivity contribution in [3.8, 4) is 17.2 Å². The van der Waals surface area contributed by atoms with E-state index in [1.54, 1.807) is 13.4 Å². The highest BCUT2D eigenvalue weighted by Crippen LogP contribution is 2.27. The van der Waals surface area contributed by atoms with Crippen molar-refractivity contribution in [1.29, 1.82) is 0 Å². The van der Waals surface area contributed by atoms with E-state index < -0.39 is 0 Å². The Morgan fingerprint density at radius 3 is 2.37 bits per heavy atom. The number of nitrogens with one attached hydrogen (secondary N) is 1. The molecule has 0 spiro atoms. The SMILES string of the molecule is COCCCOc1ccc2c(N3CCN(C(=O)Nc4ccc(Oc5ccccc5)cc4)CC3)ncnc2c1. The molecule has 1 N–H and O–H groups in total. The summed E-state index contributed by atoms with van der Waals surface area (Å²) in [5.41, 5.74) is 1.55. The molecule has 196 valence electrons. The van der Waals surface area contributed by atoms with E-state index in [1.807, 2.05) is 77.7 Å². The van der Waals surface area contributed by atoms with Crippen LogP contribution in [-0.4, -0.2) is 67.4 Å². The number of nitrogens with zero attached hydrogens (tertiary/aromatic N) is 4. The maximum Gasteiger partial charge on any atom is 0.321 e. The number of hydrogen-bond donors (Lipinski definition) is 1. The summed E-state index contributed by atoms with van der Waals surface area (Å²) in [5.74, 6) is 3.13. The van der Waals surface area contributed by atoms with Crippen LogP contribution < -0.4 is 19.7 Å². The lowest BCUT2D eigenvalue weighted by Gasteiger charge is -2.35. The zero-order valence-corrected chi connectivity index (χ0v) is 21.4. The molecule has 1 saturated heterocycles. The van der Waals surface area contributed by atoms with Gasteiger partial charge in [0.15, 0.2) is 0 Å². The lowest BCUT2D eigenvalue weighted by atomic mass is 10.2. The van der Waals surface area contributed by atoms with Gasteiger partial charge in [0.1, 0.15) is 29.4 Å². The first-order chi connectivity index (χ1) is 18.7. The highest BCUT2D eigenvalue weighted by molar-refractivity contribution is 5.91. The second kappa shape index (κ2) is 12.2. The molecule has 1 aliphatic rings. The number of carbonyl (C=O) groups excluding carboxylic acids is 1. The number of benzene rings is 3. The number of anilines is 2. The first-order valence-corrected chi connectivity index (χ1v) is 12.7. The van der Waals surface area contributed by atoms with Crippen molar-refractivity contribution in [2.24, 2.45) is 0 Å². The largest absolute Gasteiger partial charge is 0.493 e. The summed E-state index contributed by atoms with van der Waals surface area (Å²) in [6.45, 7) is 3.80. The predicted molar refractivity (Wildman–Crippen MR) is 147 cm³/mol. The number of rotatable bonds is 9. The van der Waals surface area contributed by atoms with Gasteiger partial charge < -0.3 is 29.3 Å². The van der Waals surface area contributed by atoms with Crippen LogP contribution in [0.25, 0.3) is 10.9 Å². The van der Waals surface area contributed by atoms with E-state index in [4.69, 9.17) is 14.2 Å². The zero-order chi connectivity index (χ0) is 26.2. The Labute approximate surface area is 222 Å². The van der Waals surface area contributed by atoms with Crippen molar-refractivity contribution in [1.82, 2.24) is 14.9 Å². The molecule has 2 amide bonds. The standard InChI is InChI=1S/C29H31N5O4/c1-36-18-5-19-37-25-12-13-26-27(20-25)30-21-31-28(26)33-14-16-34(17-15-33)29(35)32-22-8-10-24(11-9-22)38-23-6-3-2-4-7-23/h2-4,6-13,20-21H,5,14-19H2,1H3,(H,32,35). The molecule has 0 radical (unpaired) electrons. The van der Waals surface area contributed by atoms with E-state index in [9.17, 15) is 4.79 Å². The fraction of sp³-hybridized carbons (Fsp3) is 0.276. The number of piperazine rings is 1. The third kappa shape index (κ3) is 6.30. The highest BCUT2D eigenvalue weighted by atomic mass is 16.5. The maximum atomic E-state index is 12.9. The van der Waals surface area contributed by atoms with Gasteiger partial charge in [0.2, 0.25) is 0 Å². The first-order valence-electron chi connectivity index (χ1n) is 12.7. The van der Waals surface area contributed by atoms with Crippen LogP contribution in [-0.2, 0) is 4.74 Å². The molecular formula is C29H31N5O4. The molecule has 1 fully saturated rings. The number of carbonyl (C=O) groups is 1. The van der Waals surface area contributed by atoms with Gasteiger partial charge in [0.05, 0.1) is 12.1 Å². The van der Waals surface area contributed by atoms with Crippen LogP contribution in [0.4, 0.5) is 16.3 Å². The van der Waals surface area contributed by atoms with Crippen molar-refractivity contribution in [3.63, 3.8) is 0 Å². The summed E-state index contributed by atoms with van der Waals surface area (Å²) < 4.78 is 16.7. The van der Waals surface area contributed by atoms with Gasteiger partial charge in [0, 0.05) is 63.5 Å².